The van der Waals surface area contributed by atoms with Crippen LogP contribution in [0.2, 0.25) is 15.1 Å². The smallest absolute Gasteiger partial charge is 0.403 e. The molecule has 2 aromatic carbocycles. The molecule has 4 aromatic rings. The van der Waals surface area contributed by atoms with Crippen molar-refractivity contribution in [1.82, 2.24) is 25.3 Å². The van der Waals surface area contributed by atoms with Gasteiger partial charge in [-0.3, -0.25) is 4.79 Å². The largest absolute Gasteiger partial charge is 0.418 e. The van der Waals surface area contributed by atoms with Crippen LogP contribution in [0.15, 0.2) is 46.9 Å². The van der Waals surface area contributed by atoms with E-state index < -0.39 is 23.4 Å². The number of rotatable bonds is 6. The number of amides is 1. The van der Waals surface area contributed by atoms with Gasteiger partial charge in [0.2, 0.25) is 5.89 Å². The SMILES string of the molecule is O=C(NC1CC1)c1c(-c2nnc(C3(C(F)(F)F)CC3)o2)nn(-c2ccc(Cl)cc2Cl)c1-c1ccc(Cl)cc1. The number of carbonyl (C=O) groups excluding carboxylic acids is 1. The number of alkyl halides is 3. The van der Waals surface area contributed by atoms with Gasteiger partial charge in [-0.1, -0.05) is 46.9 Å². The quantitative estimate of drug-likeness (QED) is 0.264. The highest BCUT2D eigenvalue weighted by atomic mass is 35.5. The molecule has 196 valence electrons. The third-order valence-electron chi connectivity index (χ3n) is 6.61. The highest BCUT2D eigenvalue weighted by Gasteiger charge is 2.68. The first-order chi connectivity index (χ1) is 18.1. The zero-order valence-corrected chi connectivity index (χ0v) is 21.6. The molecule has 0 saturated heterocycles. The Kier molecular flexibility index (Phi) is 5.97. The first-order valence-corrected chi connectivity index (χ1v) is 12.8. The van der Waals surface area contributed by atoms with Gasteiger partial charge in [-0.25, -0.2) is 4.68 Å². The van der Waals surface area contributed by atoms with Gasteiger partial charge in [0.1, 0.15) is 5.41 Å². The van der Waals surface area contributed by atoms with Gasteiger partial charge < -0.3 is 9.73 Å². The number of nitrogens with zero attached hydrogens (tertiary/aromatic N) is 4. The molecule has 2 fully saturated rings. The van der Waals surface area contributed by atoms with Crippen molar-refractivity contribution in [2.24, 2.45) is 0 Å². The number of hydrogen-bond acceptors (Lipinski definition) is 5. The minimum Gasteiger partial charge on any atom is -0.418 e. The normalized spacial score (nSPS) is 16.5. The van der Waals surface area contributed by atoms with E-state index in [4.69, 9.17) is 39.2 Å². The van der Waals surface area contributed by atoms with Crippen molar-refractivity contribution in [3.8, 4) is 28.5 Å². The third-order valence-corrected chi connectivity index (χ3v) is 7.40. The van der Waals surface area contributed by atoms with Crippen molar-refractivity contribution in [2.45, 2.75) is 43.3 Å². The summed E-state index contributed by atoms with van der Waals surface area (Å²) in [5, 5.41) is 16.2. The summed E-state index contributed by atoms with van der Waals surface area (Å²) in [6.07, 6.45) is -3.23. The first-order valence-electron chi connectivity index (χ1n) is 11.6. The molecule has 13 heteroatoms. The lowest BCUT2D eigenvalue weighted by Gasteiger charge is -2.14. The van der Waals surface area contributed by atoms with Crippen LogP contribution >= 0.6 is 34.8 Å². The Hall–Kier alpha value is -3.08. The number of halogens is 6. The summed E-state index contributed by atoms with van der Waals surface area (Å²) in [5.41, 5.74) is -0.963. The minimum absolute atomic E-state index is 0.0194. The van der Waals surface area contributed by atoms with E-state index in [1.165, 1.54) is 10.7 Å². The maximum Gasteiger partial charge on any atom is 0.403 e. The van der Waals surface area contributed by atoms with E-state index >= 15 is 0 Å². The van der Waals surface area contributed by atoms with Crippen LogP contribution in [0.25, 0.3) is 28.5 Å². The second-order valence-corrected chi connectivity index (χ2v) is 10.6. The zero-order valence-electron chi connectivity index (χ0n) is 19.3. The molecule has 1 N–H and O–H groups in total. The van der Waals surface area contributed by atoms with E-state index in [9.17, 15) is 18.0 Å². The van der Waals surface area contributed by atoms with Gasteiger partial charge in [-0.05, 0) is 56.0 Å². The van der Waals surface area contributed by atoms with Crippen LogP contribution in [0.4, 0.5) is 13.2 Å². The number of hydrogen-bond donors (Lipinski definition) is 1. The number of aromatic nitrogens is 4. The van der Waals surface area contributed by atoms with Crippen LogP contribution in [0.1, 0.15) is 41.9 Å². The van der Waals surface area contributed by atoms with Crippen LogP contribution < -0.4 is 5.32 Å². The predicted molar refractivity (Wildman–Crippen MR) is 135 cm³/mol. The Morgan fingerprint density at radius 2 is 1.71 bits per heavy atom. The molecule has 0 radical (unpaired) electrons. The molecule has 0 aliphatic heterocycles. The van der Waals surface area contributed by atoms with E-state index in [1.807, 2.05) is 0 Å². The average molecular weight is 583 g/mol. The highest BCUT2D eigenvalue weighted by molar-refractivity contribution is 6.35. The molecule has 0 spiro atoms. The second kappa shape index (κ2) is 9.00. The number of benzene rings is 2. The topological polar surface area (TPSA) is 85.8 Å². The summed E-state index contributed by atoms with van der Waals surface area (Å²) >= 11 is 18.7. The molecule has 6 rings (SSSR count). The lowest BCUT2D eigenvalue weighted by molar-refractivity contribution is -0.165. The highest BCUT2D eigenvalue weighted by Crippen LogP contribution is 2.58. The predicted octanol–water partition coefficient (Wildman–Crippen LogP) is 7.04. The van der Waals surface area contributed by atoms with Crippen LogP contribution in [0.5, 0.6) is 0 Å². The Bertz CT molecular complexity index is 1560. The fourth-order valence-corrected chi connectivity index (χ4v) is 4.84. The lowest BCUT2D eigenvalue weighted by Crippen LogP contribution is -2.28. The molecular weight excluding hydrogens is 566 g/mol. The molecule has 0 atom stereocenters. The van der Waals surface area contributed by atoms with E-state index in [1.54, 1.807) is 36.4 Å². The van der Waals surface area contributed by atoms with Crippen molar-refractivity contribution >= 4 is 40.7 Å². The van der Waals surface area contributed by atoms with Gasteiger partial charge >= 0.3 is 6.18 Å². The Morgan fingerprint density at radius 1 is 1.03 bits per heavy atom. The molecule has 1 amide bonds. The summed E-state index contributed by atoms with van der Waals surface area (Å²) in [5.74, 6) is -1.35. The summed E-state index contributed by atoms with van der Waals surface area (Å²) < 4.78 is 48.2. The monoisotopic (exact) mass is 581 g/mol. The van der Waals surface area contributed by atoms with Gasteiger partial charge in [-0.15, -0.1) is 10.2 Å². The van der Waals surface area contributed by atoms with Gasteiger partial charge in [0.25, 0.3) is 11.8 Å². The molecule has 2 aliphatic rings. The standard InChI is InChI=1S/C25H17Cl3F3N5O2/c26-13-3-1-12(2-4-13)20-18(21(37)32-15-6-7-15)19(35-36(20)17-8-5-14(27)11-16(17)28)22-33-34-23(38-22)24(9-10-24)25(29,30)31/h1-5,8,11,15H,6-7,9-10H2,(H,32,37). The fraction of sp³-hybridized carbons (Fsp3) is 0.280. The van der Waals surface area contributed by atoms with Gasteiger partial charge in [0.05, 0.1) is 22.0 Å². The first kappa shape index (κ1) is 25.2. The summed E-state index contributed by atoms with van der Waals surface area (Å²) in [6, 6.07) is 11.4. The molecule has 2 aliphatic carbocycles. The van der Waals surface area contributed by atoms with Gasteiger partial charge in [0.15, 0.2) is 5.69 Å². The van der Waals surface area contributed by atoms with E-state index in [-0.39, 0.29) is 41.1 Å². The number of nitrogens with one attached hydrogen (secondary N) is 1. The molecule has 2 aromatic heterocycles. The van der Waals surface area contributed by atoms with Crippen molar-refractivity contribution in [3.63, 3.8) is 0 Å². The Labute approximate surface area is 228 Å². The molecule has 2 heterocycles. The molecule has 2 saturated carbocycles. The zero-order chi connectivity index (χ0) is 26.8. The van der Waals surface area contributed by atoms with Crippen molar-refractivity contribution in [3.05, 3.63) is 69.0 Å². The lowest BCUT2D eigenvalue weighted by atomic mass is 10.0. The van der Waals surface area contributed by atoms with Crippen molar-refractivity contribution in [2.75, 3.05) is 0 Å². The Balaban J connectivity index is 1.59. The number of carbonyl (C=O) groups is 1. The van der Waals surface area contributed by atoms with Crippen LogP contribution in [0, 0.1) is 0 Å². The van der Waals surface area contributed by atoms with Crippen LogP contribution in [0.3, 0.4) is 0 Å². The molecule has 38 heavy (non-hydrogen) atoms. The summed E-state index contributed by atoms with van der Waals surface area (Å²) in [7, 11) is 0. The maximum absolute atomic E-state index is 13.7. The minimum atomic E-state index is -4.55. The average Bonchev–Trinajstić information content (AvgIpc) is 3.76. The van der Waals surface area contributed by atoms with Crippen molar-refractivity contribution in [1.29, 1.82) is 0 Å². The van der Waals surface area contributed by atoms with E-state index in [0.29, 0.717) is 27.0 Å². The second-order valence-electron chi connectivity index (χ2n) is 9.33. The van der Waals surface area contributed by atoms with E-state index in [0.717, 1.165) is 12.8 Å². The van der Waals surface area contributed by atoms with Crippen LogP contribution in [-0.4, -0.2) is 38.1 Å². The van der Waals surface area contributed by atoms with Gasteiger partial charge in [-0.2, -0.15) is 18.3 Å². The summed E-state index contributed by atoms with van der Waals surface area (Å²) in [4.78, 5) is 13.6. The molecule has 0 bridgehead atoms. The molecular formula is C25H17Cl3F3N5O2. The van der Waals surface area contributed by atoms with Gasteiger partial charge in [0, 0.05) is 21.7 Å². The summed E-state index contributed by atoms with van der Waals surface area (Å²) in [6.45, 7) is 0. The molecule has 0 unspecified atom stereocenters. The third kappa shape index (κ3) is 4.34. The van der Waals surface area contributed by atoms with Crippen molar-refractivity contribution < 1.29 is 22.4 Å². The fourth-order valence-electron chi connectivity index (χ4n) is 4.23. The van der Waals surface area contributed by atoms with E-state index in [2.05, 4.69) is 20.6 Å². The maximum atomic E-state index is 13.7. The van der Waals surface area contributed by atoms with Crippen LogP contribution in [-0.2, 0) is 5.41 Å². The Morgan fingerprint density at radius 3 is 2.32 bits per heavy atom. The molecule has 7 nitrogen and oxygen atoms in total.